The van der Waals surface area contributed by atoms with Crippen LogP contribution in [0.4, 0.5) is 0 Å². The van der Waals surface area contributed by atoms with Crippen LogP contribution in [0.1, 0.15) is 256 Å². The molecule has 22 heteroatoms. The van der Waals surface area contributed by atoms with Crippen molar-refractivity contribution in [2.45, 2.75) is 289 Å². The van der Waals surface area contributed by atoms with Gasteiger partial charge in [-0.25, -0.2) is 24.3 Å². The fourth-order valence-corrected chi connectivity index (χ4v) is 8.06. The number of aromatic nitrogens is 20. The van der Waals surface area contributed by atoms with Crippen LogP contribution >= 0.6 is 11.3 Å². The van der Waals surface area contributed by atoms with Crippen LogP contribution in [-0.4, -0.2) is 98.5 Å². The Labute approximate surface area is 618 Å². The first kappa shape index (κ1) is 91.4. The molecule has 0 aliphatic heterocycles. The van der Waals surface area contributed by atoms with Crippen molar-refractivity contribution in [2.75, 3.05) is 0 Å². The minimum atomic E-state index is 0.00694. The fourth-order valence-electron chi connectivity index (χ4n) is 7.33. The van der Waals surface area contributed by atoms with E-state index in [1.54, 1.807) is 61.4 Å². The Morgan fingerprint density at radius 1 is 0.333 bits per heavy atom. The summed E-state index contributed by atoms with van der Waals surface area (Å²) in [5.41, 5.74) is 5.46. The highest BCUT2D eigenvalue weighted by atomic mass is 32.1. The molecular weight excluding hydrogens is 1290 g/mol. The van der Waals surface area contributed by atoms with Gasteiger partial charge in [0.1, 0.15) is 25.3 Å². The summed E-state index contributed by atoms with van der Waals surface area (Å²) in [6, 6.07) is 20.2. The van der Waals surface area contributed by atoms with Crippen LogP contribution < -0.4 is 0 Å². The zero-order valence-corrected chi connectivity index (χ0v) is 69.5. The number of hydrogen-bond acceptors (Lipinski definition) is 16. The highest BCUT2D eigenvalue weighted by molar-refractivity contribution is 7.09. The van der Waals surface area contributed by atoms with E-state index < -0.39 is 0 Å². The van der Waals surface area contributed by atoms with E-state index in [0.717, 1.165) is 11.5 Å². The number of imidazole rings is 1. The van der Waals surface area contributed by atoms with Gasteiger partial charge in [0.25, 0.3) is 0 Å². The molecule has 0 N–H and O–H groups in total. The molecule has 0 amide bonds. The van der Waals surface area contributed by atoms with Gasteiger partial charge in [0, 0.05) is 124 Å². The first-order valence-corrected chi connectivity index (χ1v) is 35.6. The van der Waals surface area contributed by atoms with Gasteiger partial charge < -0.3 is 18.2 Å². The summed E-state index contributed by atoms with van der Waals surface area (Å²) in [7, 11) is 0. The van der Waals surface area contributed by atoms with Crippen LogP contribution in [-0.2, 0) is 60.3 Å². The highest BCUT2D eigenvalue weighted by Crippen LogP contribution is 2.25. The maximum absolute atomic E-state index is 4.58. The summed E-state index contributed by atoms with van der Waals surface area (Å²) in [5.74, 6) is 0.752. The van der Waals surface area contributed by atoms with Gasteiger partial charge in [-0.15, -0.1) is 26.6 Å². The zero-order valence-electron chi connectivity index (χ0n) is 68.7. The lowest BCUT2D eigenvalue weighted by Gasteiger charge is -2.20. The van der Waals surface area contributed by atoms with Crippen molar-refractivity contribution in [1.29, 1.82) is 0 Å². The normalized spacial score (nSPS) is 11.8. The molecule has 0 bridgehead atoms. The van der Waals surface area contributed by atoms with Gasteiger partial charge in [-0.2, -0.15) is 15.2 Å². The first-order valence-electron chi connectivity index (χ1n) is 34.7. The number of rotatable bonds is 0. The smallest absolute Gasteiger partial charge is 0.213 e. The van der Waals surface area contributed by atoms with E-state index in [0.29, 0.717) is 0 Å². The van der Waals surface area contributed by atoms with Crippen LogP contribution in [0.3, 0.4) is 0 Å². The third-order valence-corrected chi connectivity index (χ3v) is 15.1. The summed E-state index contributed by atoms with van der Waals surface area (Å²) in [6.45, 7) is 70.5. The van der Waals surface area contributed by atoms with Crippen molar-refractivity contribution in [3.8, 4) is 0 Å². The second-order valence-electron chi connectivity index (χ2n) is 35.1. The molecule has 0 aromatic carbocycles. The van der Waals surface area contributed by atoms with Gasteiger partial charge >= 0.3 is 0 Å². The minimum Gasteiger partial charge on any atom is -0.349 e. The molecule has 11 aromatic rings. The van der Waals surface area contributed by atoms with E-state index in [-0.39, 0.29) is 60.3 Å². The van der Waals surface area contributed by atoms with Gasteiger partial charge in [0.05, 0.1) is 34.1 Å². The quantitative estimate of drug-likeness (QED) is 0.138. The third kappa shape index (κ3) is 39.5. The number of pyridine rings is 3. The molecule has 0 aliphatic rings. The average molecular weight is 1420 g/mol. The van der Waals surface area contributed by atoms with Crippen molar-refractivity contribution in [2.24, 2.45) is 0 Å². The van der Waals surface area contributed by atoms with Gasteiger partial charge in [0.15, 0.2) is 5.82 Å². The molecule has 0 aliphatic carbocycles. The molecule has 0 spiro atoms. The molecule has 0 saturated heterocycles. The van der Waals surface area contributed by atoms with Crippen LogP contribution in [0.25, 0.3) is 0 Å². The lowest BCUT2D eigenvalue weighted by Crippen LogP contribution is -2.22. The first-order chi connectivity index (χ1) is 46.7. The summed E-state index contributed by atoms with van der Waals surface area (Å²) >= 11 is 1.72. The summed E-state index contributed by atoms with van der Waals surface area (Å²) < 4.78 is 16.4. The van der Waals surface area contributed by atoms with Gasteiger partial charge in [-0.3, -0.25) is 19.6 Å². The van der Waals surface area contributed by atoms with Gasteiger partial charge in [-0.1, -0.05) is 126 Å². The van der Waals surface area contributed by atoms with E-state index in [2.05, 4.69) is 329 Å². The van der Waals surface area contributed by atoms with E-state index in [1.165, 1.54) is 22.5 Å². The zero-order chi connectivity index (χ0) is 78.1. The Hall–Kier alpha value is -8.66. The monoisotopic (exact) mass is 1420 g/mol. The molecule has 11 heterocycles. The summed E-state index contributed by atoms with van der Waals surface area (Å²) in [4.78, 5) is 28.2. The van der Waals surface area contributed by atoms with Crippen molar-refractivity contribution in [3.63, 3.8) is 0 Å². The SMILES string of the molecule is CC(C)(C)c1ccccn1.CC(C)(C)c1cccnc1.CC(C)(C)c1ccncc1.CC(C)(C)c1nccs1.CC(C)(C)c1ncon1.CC(C)(C)n1cccc1.CC(C)(C)n1cccn1.CC(C)(C)n1ccnc1.CC(C)(C)n1ccnn1.CC(C)(C)n1cncn1.CC(C)(C)n1cnnc1. The molecule has 0 saturated carbocycles. The second kappa shape index (κ2) is 40.8. The van der Waals surface area contributed by atoms with E-state index in [1.807, 2.05) is 137 Å². The van der Waals surface area contributed by atoms with Crippen LogP contribution in [0.2, 0.25) is 0 Å². The van der Waals surface area contributed by atoms with Crippen LogP contribution in [0, 0.1) is 0 Å². The Morgan fingerprint density at radius 2 is 0.902 bits per heavy atom. The van der Waals surface area contributed by atoms with E-state index in [4.69, 9.17) is 0 Å². The maximum Gasteiger partial charge on any atom is 0.213 e. The Morgan fingerprint density at radius 3 is 1.15 bits per heavy atom. The average Bonchev–Trinajstić information content (AvgIpc) is 1.64. The molecule has 0 unspecified atom stereocenters. The second-order valence-corrected chi connectivity index (χ2v) is 36.0. The largest absolute Gasteiger partial charge is 0.349 e. The maximum atomic E-state index is 4.58. The highest BCUT2D eigenvalue weighted by Gasteiger charge is 2.20. The van der Waals surface area contributed by atoms with Crippen molar-refractivity contribution < 1.29 is 4.52 Å². The number of thiazole rings is 1. The molecule has 11 aromatic heterocycles. The predicted molar refractivity (Wildman–Crippen MR) is 422 cm³/mol. The van der Waals surface area contributed by atoms with E-state index >= 15 is 0 Å². The standard InChI is InChI=1S/3C9H13N.C8H13N.2C7H12N2.C7H11NS.3C6H11N3.C6H10N2O/c1-9(2,3)8-4-6-10-7-5-8;1-9(2,3)8-5-4-6-10-7-8;1-9(2,3)8-6-4-5-7-10-8;1-8(2,3)9-6-4-5-7-9;1-7(2,3)9-5-4-8-6-9;1-7(2,3)9-6-4-5-8-9;1-7(2,3)6-8-4-5-9-6;1-6(2,3)9-4-7-8-5-9;1-6(2,3)9-5-7-4-8-9;1-6(2,3)9-5-4-7-8-9;1-6(2,3)5-7-4-9-8-5/h3*4-7H,1-3H3;4-7H,1-3H3;2*4-6H,1-3H3;4*4-5H,1-3H3;4H,1-3H3. The van der Waals surface area contributed by atoms with Crippen LogP contribution in [0.15, 0.2) is 195 Å². The summed E-state index contributed by atoms with van der Waals surface area (Å²) in [6.07, 6.45) is 36.2. The topological polar surface area (TPSA) is 223 Å². The molecule has 102 heavy (non-hydrogen) atoms. The lowest BCUT2D eigenvalue weighted by molar-refractivity contribution is 0.347. The van der Waals surface area contributed by atoms with Crippen LogP contribution in [0.5, 0.6) is 0 Å². The van der Waals surface area contributed by atoms with Crippen molar-refractivity contribution in [1.82, 2.24) is 98.5 Å². The molecule has 0 atom stereocenters. The Kier molecular flexibility index (Phi) is 36.6. The van der Waals surface area contributed by atoms with Crippen molar-refractivity contribution in [3.05, 3.63) is 218 Å². The summed E-state index contributed by atoms with van der Waals surface area (Å²) in [5, 5.41) is 30.0. The third-order valence-electron chi connectivity index (χ3n) is 13.9. The Balaban J connectivity index is 0.000000561. The Bertz CT molecular complexity index is 3050. The number of hydrogen-bond donors (Lipinski definition) is 0. The fraction of sp³-hybridized carbons (Fsp3) is 0.550. The molecule has 0 radical (unpaired) electrons. The molecular formula is C80H130N20OS. The molecule has 11 rings (SSSR count). The van der Waals surface area contributed by atoms with Gasteiger partial charge in [-0.05, 0) is 195 Å². The van der Waals surface area contributed by atoms with E-state index in [9.17, 15) is 0 Å². The van der Waals surface area contributed by atoms with Crippen molar-refractivity contribution >= 4 is 11.3 Å². The number of nitrogens with zero attached hydrogens (tertiary/aromatic N) is 20. The lowest BCUT2D eigenvalue weighted by atomic mass is 9.88. The molecule has 0 fully saturated rings. The predicted octanol–water partition coefficient (Wildman–Crippen LogP) is 19.6. The molecule has 562 valence electrons. The molecule has 21 nitrogen and oxygen atoms in total. The minimum absolute atomic E-state index is 0.00694. The van der Waals surface area contributed by atoms with Gasteiger partial charge in [0.2, 0.25) is 6.39 Å².